The van der Waals surface area contributed by atoms with Crippen molar-refractivity contribution in [2.75, 3.05) is 6.61 Å². The van der Waals surface area contributed by atoms with Crippen LogP contribution in [0.25, 0.3) is 0 Å². The van der Waals surface area contributed by atoms with Gasteiger partial charge in [-0.05, 0) is 75.8 Å². The molecule has 108 valence electrons. The molecule has 0 aliphatic heterocycles. The molecular formula is C16H26O3. The van der Waals surface area contributed by atoms with Gasteiger partial charge in [0.1, 0.15) is 5.75 Å². The van der Waals surface area contributed by atoms with Crippen molar-refractivity contribution in [3.05, 3.63) is 28.3 Å². The lowest BCUT2D eigenvalue weighted by Gasteiger charge is -2.19. The van der Waals surface area contributed by atoms with Crippen molar-refractivity contribution in [1.29, 1.82) is 0 Å². The van der Waals surface area contributed by atoms with Crippen molar-refractivity contribution in [2.45, 2.75) is 59.7 Å². The molecule has 2 atom stereocenters. The van der Waals surface area contributed by atoms with Crippen molar-refractivity contribution < 1.29 is 14.9 Å². The highest BCUT2D eigenvalue weighted by molar-refractivity contribution is 5.48. The first-order valence-corrected chi connectivity index (χ1v) is 6.97. The average Bonchev–Trinajstić information content (AvgIpc) is 2.35. The van der Waals surface area contributed by atoms with E-state index in [9.17, 15) is 10.2 Å². The fourth-order valence-corrected chi connectivity index (χ4v) is 2.32. The van der Waals surface area contributed by atoms with E-state index in [0.717, 1.165) is 17.7 Å². The maximum atomic E-state index is 9.70. The molecule has 1 aromatic rings. The van der Waals surface area contributed by atoms with Gasteiger partial charge >= 0.3 is 0 Å². The predicted octanol–water partition coefficient (Wildman–Crippen LogP) is 2.68. The monoisotopic (exact) mass is 266 g/mol. The average molecular weight is 266 g/mol. The van der Waals surface area contributed by atoms with Crippen LogP contribution in [0.4, 0.5) is 0 Å². The zero-order valence-electron chi connectivity index (χ0n) is 12.7. The Kier molecular flexibility index (Phi) is 5.83. The lowest BCUT2D eigenvalue weighted by molar-refractivity contribution is 0.0264. The molecule has 0 bridgehead atoms. The number of aliphatic hydroxyl groups excluding tert-OH is 2. The Bertz CT molecular complexity index is 424. The van der Waals surface area contributed by atoms with Crippen LogP contribution in [0.2, 0.25) is 0 Å². The molecule has 1 rings (SSSR count). The number of hydrogen-bond donors (Lipinski definition) is 2. The Morgan fingerprint density at radius 1 is 1.16 bits per heavy atom. The standard InChI is InChI=1S/C16H26O3/c1-6-19-16-9-10(2)14(11(3)12(16)4)7-8-15(18)13(5)17/h9,13,15,17-18H,6-8H2,1-5H3. The van der Waals surface area contributed by atoms with E-state index in [4.69, 9.17) is 4.74 Å². The Hall–Kier alpha value is -1.06. The van der Waals surface area contributed by atoms with E-state index in [0.29, 0.717) is 13.0 Å². The molecule has 3 nitrogen and oxygen atoms in total. The van der Waals surface area contributed by atoms with Crippen LogP contribution < -0.4 is 4.74 Å². The van der Waals surface area contributed by atoms with Crippen LogP contribution in [0.15, 0.2) is 6.07 Å². The van der Waals surface area contributed by atoms with Crippen LogP contribution in [0.1, 0.15) is 42.5 Å². The highest BCUT2D eigenvalue weighted by Crippen LogP contribution is 2.28. The molecule has 2 unspecified atom stereocenters. The van der Waals surface area contributed by atoms with Crippen molar-refractivity contribution in [3.63, 3.8) is 0 Å². The lowest BCUT2D eigenvalue weighted by Crippen LogP contribution is -2.23. The van der Waals surface area contributed by atoms with Gasteiger partial charge in [-0.3, -0.25) is 0 Å². The molecule has 0 heterocycles. The second-order valence-corrected chi connectivity index (χ2v) is 5.20. The molecule has 0 aromatic heterocycles. The Labute approximate surface area is 116 Å². The van der Waals surface area contributed by atoms with E-state index in [1.807, 2.05) is 6.92 Å². The zero-order valence-corrected chi connectivity index (χ0v) is 12.7. The lowest BCUT2D eigenvalue weighted by atomic mass is 9.92. The molecule has 0 saturated carbocycles. The highest BCUT2D eigenvalue weighted by atomic mass is 16.5. The third-order valence-electron chi connectivity index (χ3n) is 3.76. The largest absolute Gasteiger partial charge is 0.494 e. The van der Waals surface area contributed by atoms with E-state index in [1.54, 1.807) is 6.92 Å². The number of hydrogen-bond acceptors (Lipinski definition) is 3. The summed E-state index contributed by atoms with van der Waals surface area (Å²) in [6.07, 6.45) is 0.0131. The minimum atomic E-state index is -0.676. The van der Waals surface area contributed by atoms with E-state index < -0.39 is 12.2 Å². The zero-order chi connectivity index (χ0) is 14.6. The molecular weight excluding hydrogens is 240 g/mol. The molecule has 0 saturated heterocycles. The summed E-state index contributed by atoms with van der Waals surface area (Å²) < 4.78 is 5.63. The van der Waals surface area contributed by atoms with E-state index in [1.165, 1.54) is 16.7 Å². The molecule has 0 radical (unpaired) electrons. The van der Waals surface area contributed by atoms with Gasteiger partial charge in [0.25, 0.3) is 0 Å². The molecule has 3 heteroatoms. The molecule has 0 aliphatic carbocycles. The van der Waals surface area contributed by atoms with Gasteiger partial charge in [0, 0.05) is 0 Å². The number of aryl methyl sites for hydroxylation is 1. The Morgan fingerprint density at radius 3 is 2.32 bits per heavy atom. The maximum absolute atomic E-state index is 9.70. The molecule has 0 amide bonds. The summed E-state index contributed by atoms with van der Waals surface area (Å²) in [6.45, 7) is 10.5. The van der Waals surface area contributed by atoms with E-state index in [2.05, 4.69) is 26.8 Å². The summed E-state index contributed by atoms with van der Waals surface area (Å²) in [5, 5.41) is 19.0. The van der Waals surface area contributed by atoms with Gasteiger partial charge in [-0.1, -0.05) is 0 Å². The van der Waals surface area contributed by atoms with Crippen molar-refractivity contribution in [2.24, 2.45) is 0 Å². The first-order chi connectivity index (χ1) is 8.88. The molecule has 0 fully saturated rings. The first-order valence-electron chi connectivity index (χ1n) is 6.97. The third-order valence-corrected chi connectivity index (χ3v) is 3.76. The topological polar surface area (TPSA) is 49.7 Å². The summed E-state index contributed by atoms with van der Waals surface area (Å²) in [6, 6.07) is 2.07. The van der Waals surface area contributed by atoms with Crippen LogP contribution in [0.5, 0.6) is 5.75 Å². The van der Waals surface area contributed by atoms with Crippen LogP contribution in [-0.2, 0) is 6.42 Å². The molecule has 1 aromatic carbocycles. The summed E-state index contributed by atoms with van der Waals surface area (Å²) in [5.41, 5.74) is 4.82. The molecule has 19 heavy (non-hydrogen) atoms. The molecule has 0 spiro atoms. The van der Waals surface area contributed by atoms with Crippen LogP contribution in [0.3, 0.4) is 0 Å². The minimum Gasteiger partial charge on any atom is -0.494 e. The highest BCUT2D eigenvalue weighted by Gasteiger charge is 2.15. The Balaban J connectivity index is 2.93. The van der Waals surface area contributed by atoms with Crippen LogP contribution in [0, 0.1) is 20.8 Å². The van der Waals surface area contributed by atoms with Gasteiger partial charge in [-0.15, -0.1) is 0 Å². The summed E-state index contributed by atoms with van der Waals surface area (Å²) in [5.74, 6) is 0.942. The van der Waals surface area contributed by atoms with Gasteiger partial charge < -0.3 is 14.9 Å². The van der Waals surface area contributed by atoms with Crippen LogP contribution in [-0.4, -0.2) is 29.0 Å². The summed E-state index contributed by atoms with van der Waals surface area (Å²) in [7, 11) is 0. The number of aliphatic hydroxyl groups is 2. The van der Waals surface area contributed by atoms with E-state index >= 15 is 0 Å². The van der Waals surface area contributed by atoms with Crippen molar-refractivity contribution in [3.8, 4) is 5.75 Å². The SMILES string of the molecule is CCOc1cc(C)c(CCC(O)C(C)O)c(C)c1C. The van der Waals surface area contributed by atoms with Gasteiger partial charge in [0.2, 0.25) is 0 Å². The van der Waals surface area contributed by atoms with Gasteiger partial charge in [-0.25, -0.2) is 0 Å². The molecule has 2 N–H and O–H groups in total. The summed E-state index contributed by atoms with van der Waals surface area (Å²) >= 11 is 0. The van der Waals surface area contributed by atoms with Gasteiger partial charge in [-0.2, -0.15) is 0 Å². The van der Waals surface area contributed by atoms with Crippen molar-refractivity contribution in [1.82, 2.24) is 0 Å². The second-order valence-electron chi connectivity index (χ2n) is 5.20. The quantitative estimate of drug-likeness (QED) is 0.832. The molecule has 0 aliphatic rings. The van der Waals surface area contributed by atoms with Gasteiger partial charge in [0.15, 0.2) is 0 Å². The third kappa shape index (κ3) is 3.95. The minimum absolute atomic E-state index is 0.576. The van der Waals surface area contributed by atoms with Gasteiger partial charge in [0.05, 0.1) is 18.8 Å². The normalized spacial score (nSPS) is 14.3. The number of ether oxygens (including phenoxy) is 1. The summed E-state index contributed by atoms with van der Waals surface area (Å²) in [4.78, 5) is 0. The predicted molar refractivity (Wildman–Crippen MR) is 77.8 cm³/mol. The first kappa shape index (κ1) is 16.0. The smallest absolute Gasteiger partial charge is 0.122 e. The Morgan fingerprint density at radius 2 is 1.79 bits per heavy atom. The van der Waals surface area contributed by atoms with Crippen LogP contribution >= 0.6 is 0 Å². The maximum Gasteiger partial charge on any atom is 0.122 e. The van der Waals surface area contributed by atoms with E-state index in [-0.39, 0.29) is 0 Å². The number of benzene rings is 1. The fraction of sp³-hybridized carbons (Fsp3) is 0.625. The fourth-order valence-electron chi connectivity index (χ4n) is 2.32. The number of rotatable bonds is 6. The van der Waals surface area contributed by atoms with Crippen molar-refractivity contribution >= 4 is 0 Å². The second kappa shape index (κ2) is 6.92.